The first-order valence-corrected chi connectivity index (χ1v) is 15.2. The van der Waals surface area contributed by atoms with Crippen LogP contribution in [0.25, 0.3) is 16.8 Å². The largest absolute Gasteiger partial charge is 0.495 e. The summed E-state index contributed by atoms with van der Waals surface area (Å²) in [6, 6.07) is 16.8. The van der Waals surface area contributed by atoms with Crippen LogP contribution in [0.3, 0.4) is 0 Å². The molecular formula is C29H33N7O4S. The summed E-state index contributed by atoms with van der Waals surface area (Å²) in [6.07, 6.45) is 5.35. The molecular weight excluding hydrogens is 542 g/mol. The van der Waals surface area contributed by atoms with E-state index in [1.54, 1.807) is 36.0 Å². The number of hydrogen-bond donors (Lipinski definition) is 3. The van der Waals surface area contributed by atoms with Crippen molar-refractivity contribution in [1.29, 1.82) is 0 Å². The molecule has 1 saturated heterocycles. The predicted octanol–water partition coefficient (Wildman–Crippen LogP) is 3.25. The van der Waals surface area contributed by atoms with E-state index in [9.17, 15) is 13.2 Å². The van der Waals surface area contributed by atoms with Crippen molar-refractivity contribution in [2.75, 3.05) is 32.1 Å². The van der Waals surface area contributed by atoms with Gasteiger partial charge in [0.15, 0.2) is 0 Å². The second-order valence-corrected chi connectivity index (χ2v) is 12.4. The number of aromatic nitrogens is 3. The van der Waals surface area contributed by atoms with Crippen molar-refractivity contribution >= 4 is 33.1 Å². The molecule has 1 aliphatic carbocycles. The highest BCUT2D eigenvalue weighted by molar-refractivity contribution is 7.89. The van der Waals surface area contributed by atoms with Gasteiger partial charge in [0, 0.05) is 11.6 Å². The number of likely N-dealkylation sites (tertiary alicyclic amines) is 1. The third-order valence-electron chi connectivity index (χ3n) is 7.65. The Hall–Kier alpha value is -4.00. The van der Waals surface area contributed by atoms with E-state index in [2.05, 4.69) is 26.0 Å². The Labute approximate surface area is 238 Å². The van der Waals surface area contributed by atoms with Gasteiger partial charge < -0.3 is 15.8 Å². The van der Waals surface area contributed by atoms with Crippen LogP contribution in [0.5, 0.6) is 5.75 Å². The fourth-order valence-corrected chi connectivity index (χ4v) is 6.67. The van der Waals surface area contributed by atoms with Gasteiger partial charge in [-0.2, -0.15) is 0 Å². The van der Waals surface area contributed by atoms with Crippen molar-refractivity contribution < 1.29 is 17.9 Å². The smallest absolute Gasteiger partial charge is 0.245 e. The summed E-state index contributed by atoms with van der Waals surface area (Å²) < 4.78 is 35.7. The summed E-state index contributed by atoms with van der Waals surface area (Å²) in [5, 5.41) is 7.98. The number of methoxy groups -OCH3 is 1. The number of hydrogen-bond acceptors (Lipinski definition) is 8. The number of primary amides is 1. The Morgan fingerprint density at radius 2 is 1.88 bits per heavy atom. The summed E-state index contributed by atoms with van der Waals surface area (Å²) in [4.78, 5) is 18.0. The maximum atomic E-state index is 12.8. The van der Waals surface area contributed by atoms with E-state index in [-0.39, 0.29) is 16.8 Å². The third-order valence-corrected chi connectivity index (χ3v) is 9.17. The molecule has 0 bridgehead atoms. The van der Waals surface area contributed by atoms with Crippen LogP contribution in [0.2, 0.25) is 0 Å². The van der Waals surface area contributed by atoms with Gasteiger partial charge in [0.25, 0.3) is 0 Å². The number of piperidine rings is 1. The first-order valence-electron chi connectivity index (χ1n) is 13.7. The number of rotatable bonds is 10. The number of ether oxygens (including phenoxy) is 1. The lowest BCUT2D eigenvalue weighted by atomic mass is 9.89. The second kappa shape index (κ2) is 11.1. The number of nitrogens with zero attached hydrogens (tertiary/aromatic N) is 4. The van der Waals surface area contributed by atoms with Crippen molar-refractivity contribution in [1.82, 2.24) is 24.2 Å². The van der Waals surface area contributed by atoms with E-state index in [4.69, 9.17) is 15.6 Å². The molecule has 12 heteroatoms. The second-order valence-electron chi connectivity index (χ2n) is 10.7. The fourth-order valence-electron chi connectivity index (χ4n) is 5.32. The third kappa shape index (κ3) is 6.04. The number of benzene rings is 2. The van der Waals surface area contributed by atoms with Crippen molar-refractivity contribution in [3.05, 3.63) is 66.4 Å². The highest BCUT2D eigenvalue weighted by Gasteiger charge is 2.28. The van der Waals surface area contributed by atoms with E-state index < -0.39 is 10.0 Å². The highest BCUT2D eigenvalue weighted by Crippen LogP contribution is 2.35. The van der Waals surface area contributed by atoms with Gasteiger partial charge in [-0.3, -0.25) is 9.69 Å². The summed E-state index contributed by atoms with van der Waals surface area (Å²) in [5.74, 6) is 1.13. The lowest BCUT2D eigenvalue weighted by molar-refractivity contribution is -0.119. The molecule has 2 aliphatic rings. The molecule has 214 valence electrons. The summed E-state index contributed by atoms with van der Waals surface area (Å²) >= 11 is 0. The monoisotopic (exact) mass is 575 g/mol. The van der Waals surface area contributed by atoms with Gasteiger partial charge >= 0.3 is 0 Å². The average Bonchev–Trinajstić information content (AvgIpc) is 3.67. The Morgan fingerprint density at radius 1 is 1.07 bits per heavy atom. The molecule has 2 aromatic carbocycles. The standard InChI is InChI=1S/C29H33N7O4S/c1-40-27-16-20(19-11-13-35(14-12-19)18-28(30)37)5-9-25(27)32-29-31-17-23-8-10-26(36(23)33-29)21-3-2-4-24(15-21)41(38,39)34-22-6-7-22/h2-5,8-10,15-17,19,22,34H,6-7,11-14,18H2,1H3,(H2,30,37)(H,32,33). The molecule has 2 aromatic heterocycles. The van der Waals surface area contributed by atoms with Crippen LogP contribution in [0, 0.1) is 0 Å². The maximum Gasteiger partial charge on any atom is 0.245 e. The molecule has 3 heterocycles. The molecule has 0 unspecified atom stereocenters. The van der Waals surface area contributed by atoms with E-state index >= 15 is 0 Å². The number of anilines is 2. The topological polar surface area (TPSA) is 144 Å². The van der Waals surface area contributed by atoms with Crippen LogP contribution >= 0.6 is 0 Å². The lowest BCUT2D eigenvalue weighted by Gasteiger charge is -2.31. The molecule has 1 aliphatic heterocycles. The average molecular weight is 576 g/mol. The van der Waals surface area contributed by atoms with Gasteiger partial charge in [-0.05, 0) is 86.7 Å². The van der Waals surface area contributed by atoms with Gasteiger partial charge in [-0.1, -0.05) is 18.2 Å². The number of sulfonamides is 1. The number of fused-ring (bicyclic) bond motifs is 1. The van der Waals surface area contributed by atoms with E-state index in [0.717, 1.165) is 61.2 Å². The highest BCUT2D eigenvalue weighted by atomic mass is 32.2. The van der Waals surface area contributed by atoms with Gasteiger partial charge in [0.2, 0.25) is 21.9 Å². The zero-order valence-corrected chi connectivity index (χ0v) is 23.6. The number of nitrogens with one attached hydrogen (secondary N) is 2. The summed E-state index contributed by atoms with van der Waals surface area (Å²) in [7, 11) is -1.95. The summed E-state index contributed by atoms with van der Waals surface area (Å²) in [5.41, 5.74) is 9.52. The molecule has 1 amide bonds. The molecule has 0 atom stereocenters. The number of carbonyl (C=O) groups is 1. The molecule has 4 N–H and O–H groups in total. The Kier molecular flexibility index (Phi) is 7.37. The minimum Gasteiger partial charge on any atom is -0.495 e. The minimum absolute atomic E-state index is 0.0338. The fraction of sp³-hybridized carbons (Fsp3) is 0.345. The molecule has 41 heavy (non-hydrogen) atoms. The Balaban J connectivity index is 1.22. The molecule has 11 nitrogen and oxygen atoms in total. The maximum absolute atomic E-state index is 12.8. The summed E-state index contributed by atoms with van der Waals surface area (Å²) in [6.45, 7) is 1.96. The van der Waals surface area contributed by atoms with E-state index in [1.165, 1.54) is 5.56 Å². The van der Waals surface area contributed by atoms with Crippen molar-refractivity contribution in [2.45, 2.75) is 42.5 Å². The van der Waals surface area contributed by atoms with Crippen LogP contribution < -0.4 is 20.5 Å². The van der Waals surface area contributed by atoms with Gasteiger partial charge in [0.1, 0.15) is 5.75 Å². The van der Waals surface area contributed by atoms with E-state index in [1.807, 2.05) is 30.3 Å². The molecule has 2 fully saturated rings. The van der Waals surface area contributed by atoms with Gasteiger partial charge in [0.05, 0.1) is 41.6 Å². The predicted molar refractivity (Wildman–Crippen MR) is 156 cm³/mol. The van der Waals surface area contributed by atoms with Crippen LogP contribution in [0.15, 0.2) is 65.7 Å². The van der Waals surface area contributed by atoms with Gasteiger partial charge in [-0.25, -0.2) is 22.6 Å². The zero-order valence-electron chi connectivity index (χ0n) is 22.8. The SMILES string of the molecule is COc1cc(C2CCN(CC(N)=O)CC2)ccc1Nc1ncc2ccc(-c3cccc(S(=O)(=O)NC4CC4)c3)n2n1. The first kappa shape index (κ1) is 27.2. The number of nitrogens with two attached hydrogens (primary N) is 1. The molecule has 4 aromatic rings. The Bertz CT molecular complexity index is 1690. The molecule has 0 spiro atoms. The van der Waals surface area contributed by atoms with Crippen molar-refractivity contribution in [3.8, 4) is 17.0 Å². The normalized spacial score (nSPS) is 16.6. The Morgan fingerprint density at radius 3 is 2.61 bits per heavy atom. The van der Waals surface area contributed by atoms with Crippen molar-refractivity contribution in [3.63, 3.8) is 0 Å². The van der Waals surface area contributed by atoms with Crippen LogP contribution in [-0.2, 0) is 14.8 Å². The number of amides is 1. The van der Waals surface area contributed by atoms with Crippen LogP contribution in [-0.4, -0.2) is 66.6 Å². The van der Waals surface area contributed by atoms with Crippen molar-refractivity contribution in [2.24, 2.45) is 5.73 Å². The zero-order chi connectivity index (χ0) is 28.6. The minimum atomic E-state index is -3.58. The molecule has 1 saturated carbocycles. The quantitative estimate of drug-likeness (QED) is 0.261. The molecule has 6 rings (SSSR count). The number of carbonyl (C=O) groups excluding carboxylic acids is 1. The first-order chi connectivity index (χ1) is 19.8. The van der Waals surface area contributed by atoms with E-state index in [0.29, 0.717) is 24.2 Å². The van der Waals surface area contributed by atoms with Gasteiger partial charge in [-0.15, -0.1) is 5.10 Å². The molecule has 0 radical (unpaired) electrons. The van der Waals surface area contributed by atoms with Crippen LogP contribution in [0.1, 0.15) is 37.2 Å². The van der Waals surface area contributed by atoms with Crippen LogP contribution in [0.4, 0.5) is 11.6 Å². The lowest BCUT2D eigenvalue weighted by Crippen LogP contribution is -2.39.